The van der Waals surface area contributed by atoms with Gasteiger partial charge in [-0.2, -0.15) is 5.10 Å². The molecule has 0 spiro atoms. The summed E-state index contributed by atoms with van der Waals surface area (Å²) in [6.45, 7) is 0.142. The summed E-state index contributed by atoms with van der Waals surface area (Å²) in [7, 11) is 1.48. The van der Waals surface area contributed by atoms with Crippen LogP contribution in [-0.2, 0) is 13.6 Å². The maximum Gasteiger partial charge on any atom is 0.282 e. The van der Waals surface area contributed by atoms with Crippen LogP contribution in [0.5, 0.6) is 0 Å². The summed E-state index contributed by atoms with van der Waals surface area (Å²) >= 11 is 0. The molecule has 0 aliphatic heterocycles. The Labute approximate surface area is 101 Å². The van der Waals surface area contributed by atoms with Crippen molar-refractivity contribution in [3.05, 3.63) is 41.6 Å². The van der Waals surface area contributed by atoms with Crippen LogP contribution in [-0.4, -0.2) is 15.7 Å². The molecule has 0 atom stereocenters. The lowest BCUT2D eigenvalue weighted by atomic mass is 10.2. The Balaban J connectivity index is 2.09. The highest BCUT2D eigenvalue weighted by Crippen LogP contribution is 2.20. The average molecular weight is 255 g/mol. The molecule has 0 fully saturated rings. The highest BCUT2D eigenvalue weighted by atomic mass is 19.3. The standard InChI is InChI=1S/C11H11F2N3O2/c1-16-6-8(9(15-16)10(12)13)11(17)14-5-7-3-2-4-18-7/h2-4,6,10H,5H2,1H3,(H,14,17). The maximum atomic E-state index is 12.6. The quantitative estimate of drug-likeness (QED) is 0.907. The molecule has 0 saturated carbocycles. The van der Waals surface area contributed by atoms with Crippen LogP contribution in [0.15, 0.2) is 29.0 Å². The molecule has 0 aliphatic carbocycles. The smallest absolute Gasteiger partial charge is 0.282 e. The van der Waals surface area contributed by atoms with Crippen molar-refractivity contribution in [2.24, 2.45) is 7.05 Å². The van der Waals surface area contributed by atoms with E-state index in [1.807, 2.05) is 0 Å². The Morgan fingerprint density at radius 3 is 3.00 bits per heavy atom. The van der Waals surface area contributed by atoms with Crippen molar-refractivity contribution < 1.29 is 18.0 Å². The van der Waals surface area contributed by atoms with Gasteiger partial charge in [0.15, 0.2) is 0 Å². The fraction of sp³-hybridized carbons (Fsp3) is 0.273. The zero-order valence-electron chi connectivity index (χ0n) is 9.56. The van der Waals surface area contributed by atoms with Crippen molar-refractivity contribution in [1.82, 2.24) is 15.1 Å². The number of furan rings is 1. The molecular weight excluding hydrogens is 244 g/mol. The van der Waals surface area contributed by atoms with Crippen LogP contribution in [0.4, 0.5) is 8.78 Å². The van der Waals surface area contributed by atoms with E-state index in [2.05, 4.69) is 10.4 Å². The lowest BCUT2D eigenvalue weighted by Crippen LogP contribution is -2.23. The molecule has 0 aromatic carbocycles. The summed E-state index contributed by atoms with van der Waals surface area (Å²) < 4.78 is 31.5. The van der Waals surface area contributed by atoms with Crippen LogP contribution in [0.25, 0.3) is 0 Å². The summed E-state index contributed by atoms with van der Waals surface area (Å²) in [6.07, 6.45) is -0.0506. The predicted molar refractivity (Wildman–Crippen MR) is 58.0 cm³/mol. The first-order chi connectivity index (χ1) is 8.58. The zero-order valence-corrected chi connectivity index (χ0v) is 9.56. The van der Waals surface area contributed by atoms with Crippen molar-refractivity contribution in [2.45, 2.75) is 13.0 Å². The highest BCUT2D eigenvalue weighted by molar-refractivity contribution is 5.95. The number of halogens is 2. The molecule has 18 heavy (non-hydrogen) atoms. The Hall–Kier alpha value is -2.18. The van der Waals surface area contributed by atoms with Crippen molar-refractivity contribution in [3.8, 4) is 0 Å². The summed E-state index contributed by atoms with van der Waals surface area (Å²) in [5, 5.41) is 6.05. The van der Waals surface area contributed by atoms with E-state index in [-0.39, 0.29) is 12.1 Å². The second-order valence-electron chi connectivity index (χ2n) is 3.66. The molecular formula is C11H11F2N3O2. The minimum atomic E-state index is -2.78. The molecule has 0 bridgehead atoms. The third kappa shape index (κ3) is 2.55. The van der Waals surface area contributed by atoms with Gasteiger partial charge in [-0.05, 0) is 12.1 Å². The van der Waals surface area contributed by atoms with Gasteiger partial charge in [-0.25, -0.2) is 8.78 Å². The van der Waals surface area contributed by atoms with E-state index in [0.717, 1.165) is 0 Å². The van der Waals surface area contributed by atoms with E-state index in [1.54, 1.807) is 12.1 Å². The molecule has 2 aromatic rings. The Morgan fingerprint density at radius 2 is 2.39 bits per heavy atom. The summed E-state index contributed by atoms with van der Waals surface area (Å²) in [5.74, 6) is -0.0550. The number of amides is 1. The van der Waals surface area contributed by atoms with E-state index < -0.39 is 18.0 Å². The highest BCUT2D eigenvalue weighted by Gasteiger charge is 2.22. The number of aryl methyl sites for hydroxylation is 1. The maximum absolute atomic E-state index is 12.6. The fourth-order valence-electron chi connectivity index (χ4n) is 1.52. The number of carbonyl (C=O) groups is 1. The Morgan fingerprint density at radius 1 is 1.61 bits per heavy atom. The summed E-state index contributed by atoms with van der Waals surface area (Å²) in [5.41, 5.74) is -0.645. The number of aromatic nitrogens is 2. The monoisotopic (exact) mass is 255 g/mol. The third-order valence-corrected chi connectivity index (χ3v) is 2.31. The fourth-order valence-corrected chi connectivity index (χ4v) is 1.52. The number of alkyl halides is 2. The lowest BCUT2D eigenvalue weighted by molar-refractivity contribution is 0.0933. The third-order valence-electron chi connectivity index (χ3n) is 2.31. The zero-order chi connectivity index (χ0) is 13.1. The number of hydrogen-bond acceptors (Lipinski definition) is 3. The van der Waals surface area contributed by atoms with E-state index in [0.29, 0.717) is 5.76 Å². The van der Waals surface area contributed by atoms with E-state index in [4.69, 9.17) is 4.42 Å². The summed E-state index contributed by atoms with van der Waals surface area (Å²) in [4.78, 5) is 11.7. The van der Waals surface area contributed by atoms with Crippen LogP contribution in [0.2, 0.25) is 0 Å². The van der Waals surface area contributed by atoms with Crippen molar-refractivity contribution in [3.63, 3.8) is 0 Å². The molecule has 0 aliphatic rings. The predicted octanol–water partition coefficient (Wildman–Crippen LogP) is 1.88. The second-order valence-corrected chi connectivity index (χ2v) is 3.66. The van der Waals surface area contributed by atoms with E-state index >= 15 is 0 Å². The van der Waals surface area contributed by atoms with Crippen LogP contribution in [0.1, 0.15) is 28.2 Å². The molecule has 0 unspecified atom stereocenters. The first-order valence-electron chi connectivity index (χ1n) is 5.20. The van der Waals surface area contributed by atoms with Crippen LogP contribution in [0, 0.1) is 0 Å². The van der Waals surface area contributed by atoms with Gasteiger partial charge in [0.05, 0.1) is 18.4 Å². The normalized spacial score (nSPS) is 10.9. The topological polar surface area (TPSA) is 60.1 Å². The number of rotatable bonds is 4. The molecule has 2 heterocycles. The van der Waals surface area contributed by atoms with E-state index in [9.17, 15) is 13.6 Å². The van der Waals surface area contributed by atoms with Crippen LogP contribution < -0.4 is 5.32 Å². The molecule has 1 N–H and O–H groups in total. The number of carbonyl (C=O) groups excluding carboxylic acids is 1. The van der Waals surface area contributed by atoms with Gasteiger partial charge in [-0.3, -0.25) is 9.48 Å². The van der Waals surface area contributed by atoms with Crippen LogP contribution in [0.3, 0.4) is 0 Å². The SMILES string of the molecule is Cn1cc(C(=O)NCc2ccco2)c(C(F)F)n1. The first kappa shape index (κ1) is 12.3. The number of nitrogens with one attached hydrogen (secondary N) is 1. The first-order valence-corrected chi connectivity index (χ1v) is 5.20. The molecule has 0 radical (unpaired) electrons. The van der Waals surface area contributed by atoms with Gasteiger partial charge in [-0.15, -0.1) is 0 Å². The molecule has 0 saturated heterocycles. The largest absolute Gasteiger partial charge is 0.467 e. The van der Waals surface area contributed by atoms with Gasteiger partial charge in [0.1, 0.15) is 11.5 Å². The Kier molecular flexibility index (Phi) is 3.40. The van der Waals surface area contributed by atoms with Crippen molar-refractivity contribution in [2.75, 3.05) is 0 Å². The molecule has 2 aromatic heterocycles. The van der Waals surface area contributed by atoms with Gasteiger partial charge in [0.25, 0.3) is 12.3 Å². The van der Waals surface area contributed by atoms with Crippen molar-refractivity contribution >= 4 is 5.91 Å². The van der Waals surface area contributed by atoms with Gasteiger partial charge in [-0.1, -0.05) is 0 Å². The minimum absolute atomic E-state index is 0.126. The van der Waals surface area contributed by atoms with Gasteiger partial charge in [0, 0.05) is 13.2 Å². The van der Waals surface area contributed by atoms with Crippen LogP contribution >= 0.6 is 0 Å². The molecule has 96 valence electrons. The molecule has 5 nitrogen and oxygen atoms in total. The lowest BCUT2D eigenvalue weighted by Gasteiger charge is -2.02. The van der Waals surface area contributed by atoms with E-state index in [1.165, 1.54) is 24.2 Å². The van der Waals surface area contributed by atoms with Gasteiger partial charge in [0.2, 0.25) is 0 Å². The molecule has 2 rings (SSSR count). The Bertz CT molecular complexity index is 534. The van der Waals surface area contributed by atoms with Crippen molar-refractivity contribution in [1.29, 1.82) is 0 Å². The second kappa shape index (κ2) is 4.99. The number of hydrogen-bond donors (Lipinski definition) is 1. The average Bonchev–Trinajstić information content (AvgIpc) is 2.94. The van der Waals surface area contributed by atoms with Gasteiger partial charge >= 0.3 is 0 Å². The summed E-state index contributed by atoms with van der Waals surface area (Å²) in [6, 6.07) is 3.35. The number of nitrogens with zero attached hydrogens (tertiary/aromatic N) is 2. The minimum Gasteiger partial charge on any atom is -0.467 e. The van der Waals surface area contributed by atoms with Gasteiger partial charge < -0.3 is 9.73 Å². The molecule has 7 heteroatoms. The molecule has 1 amide bonds.